The summed E-state index contributed by atoms with van der Waals surface area (Å²) in [6.07, 6.45) is 0. The number of anilines is 2. The first-order valence-corrected chi connectivity index (χ1v) is 6.48. The number of ether oxygens (including phenoxy) is 1. The fourth-order valence-electron chi connectivity index (χ4n) is 1.73. The number of likely N-dealkylation sites (N-methyl/N-ethyl adjacent to an activating group) is 1. The molecule has 0 aromatic carbocycles. The largest absolute Gasteiger partial charge is 0.465 e. The standard InChI is InChI=1S/C11H20N4O3S/c1-11(17,6-15(2)3)5-13-9-7(10(16)18-4)8(12)14-19-9/h13,17H,5-6H2,1-4H3,(H2,12,14). The summed E-state index contributed by atoms with van der Waals surface area (Å²) in [5.74, 6) is -0.410. The molecule has 19 heavy (non-hydrogen) atoms. The van der Waals surface area contributed by atoms with Crippen molar-refractivity contribution in [3.05, 3.63) is 5.56 Å². The van der Waals surface area contributed by atoms with Crippen LogP contribution in [0.4, 0.5) is 10.8 Å². The van der Waals surface area contributed by atoms with Crippen LogP contribution in [0.15, 0.2) is 0 Å². The lowest BCUT2D eigenvalue weighted by Crippen LogP contribution is -2.43. The van der Waals surface area contributed by atoms with Gasteiger partial charge in [0.15, 0.2) is 5.82 Å². The fraction of sp³-hybridized carbons (Fsp3) is 0.636. The van der Waals surface area contributed by atoms with Gasteiger partial charge in [0, 0.05) is 13.1 Å². The summed E-state index contributed by atoms with van der Waals surface area (Å²) in [6, 6.07) is 0. The van der Waals surface area contributed by atoms with E-state index in [1.54, 1.807) is 6.92 Å². The van der Waals surface area contributed by atoms with Crippen molar-refractivity contribution in [2.45, 2.75) is 12.5 Å². The number of hydrogen-bond acceptors (Lipinski definition) is 8. The second kappa shape index (κ2) is 6.18. The van der Waals surface area contributed by atoms with Crippen LogP contribution in [0.25, 0.3) is 0 Å². The van der Waals surface area contributed by atoms with E-state index in [4.69, 9.17) is 5.73 Å². The van der Waals surface area contributed by atoms with Crippen LogP contribution in [0.3, 0.4) is 0 Å². The molecule has 0 spiro atoms. The third-order valence-electron chi connectivity index (χ3n) is 2.39. The first-order chi connectivity index (χ1) is 8.76. The Morgan fingerprint density at radius 3 is 2.79 bits per heavy atom. The number of nitrogens with two attached hydrogens (primary N) is 1. The number of aromatic nitrogens is 1. The number of esters is 1. The third-order valence-corrected chi connectivity index (χ3v) is 3.21. The zero-order valence-corrected chi connectivity index (χ0v) is 12.4. The van der Waals surface area contributed by atoms with Crippen molar-refractivity contribution in [2.24, 2.45) is 0 Å². The maximum Gasteiger partial charge on any atom is 0.344 e. The SMILES string of the molecule is COC(=O)c1c(N)nsc1NCC(C)(O)CN(C)C. The van der Waals surface area contributed by atoms with E-state index in [2.05, 4.69) is 14.4 Å². The number of hydrogen-bond donors (Lipinski definition) is 3. The summed E-state index contributed by atoms with van der Waals surface area (Å²) in [5, 5.41) is 13.7. The van der Waals surface area contributed by atoms with Gasteiger partial charge in [0.1, 0.15) is 10.6 Å². The average Bonchev–Trinajstić information content (AvgIpc) is 2.65. The summed E-state index contributed by atoms with van der Waals surface area (Å²) >= 11 is 1.07. The predicted octanol–water partition coefficient (Wildman–Crippen LogP) is 0.236. The minimum atomic E-state index is -0.935. The molecule has 0 fully saturated rings. The lowest BCUT2D eigenvalue weighted by Gasteiger charge is -2.27. The monoisotopic (exact) mass is 288 g/mol. The maximum atomic E-state index is 11.6. The van der Waals surface area contributed by atoms with Gasteiger partial charge in [-0.2, -0.15) is 4.37 Å². The molecule has 0 bridgehead atoms. The Hall–Kier alpha value is -1.38. The molecule has 0 aliphatic rings. The van der Waals surface area contributed by atoms with E-state index in [0.717, 1.165) is 11.5 Å². The lowest BCUT2D eigenvalue weighted by molar-refractivity contribution is 0.0458. The Morgan fingerprint density at radius 1 is 1.63 bits per heavy atom. The first-order valence-electron chi connectivity index (χ1n) is 5.71. The van der Waals surface area contributed by atoms with Crippen LogP contribution < -0.4 is 11.1 Å². The molecule has 8 heteroatoms. The lowest BCUT2D eigenvalue weighted by atomic mass is 10.1. The molecule has 0 saturated carbocycles. The van der Waals surface area contributed by atoms with Gasteiger partial charge in [0.2, 0.25) is 0 Å². The smallest absolute Gasteiger partial charge is 0.344 e. The molecule has 4 N–H and O–H groups in total. The molecular weight excluding hydrogens is 268 g/mol. The quantitative estimate of drug-likeness (QED) is 0.644. The number of aliphatic hydroxyl groups is 1. The van der Waals surface area contributed by atoms with Gasteiger partial charge in [0.25, 0.3) is 0 Å². The summed E-state index contributed by atoms with van der Waals surface area (Å²) in [5.41, 5.74) is 4.91. The molecule has 108 valence electrons. The van der Waals surface area contributed by atoms with Crippen LogP contribution in [-0.4, -0.2) is 60.2 Å². The highest BCUT2D eigenvalue weighted by molar-refractivity contribution is 7.11. The summed E-state index contributed by atoms with van der Waals surface area (Å²) < 4.78 is 8.56. The Bertz CT molecular complexity index is 445. The van der Waals surface area contributed by atoms with E-state index in [-0.39, 0.29) is 17.9 Å². The Kier molecular flexibility index (Phi) is 5.10. The molecule has 1 aromatic heterocycles. The van der Waals surface area contributed by atoms with E-state index in [1.807, 2.05) is 19.0 Å². The summed E-state index contributed by atoms with van der Waals surface area (Å²) in [7, 11) is 5.03. The molecule has 1 atom stereocenters. The molecule has 7 nitrogen and oxygen atoms in total. The molecule has 1 heterocycles. The Morgan fingerprint density at radius 2 is 2.26 bits per heavy atom. The third kappa shape index (κ3) is 4.34. The Balaban J connectivity index is 2.76. The molecule has 0 aliphatic carbocycles. The van der Waals surface area contributed by atoms with E-state index >= 15 is 0 Å². The highest BCUT2D eigenvalue weighted by Crippen LogP contribution is 2.27. The van der Waals surface area contributed by atoms with Gasteiger partial charge in [-0.05, 0) is 32.6 Å². The van der Waals surface area contributed by atoms with Crippen molar-refractivity contribution >= 4 is 28.3 Å². The van der Waals surface area contributed by atoms with Crippen molar-refractivity contribution in [2.75, 3.05) is 45.3 Å². The molecule has 1 aromatic rings. The molecule has 0 radical (unpaired) electrons. The van der Waals surface area contributed by atoms with E-state index in [1.165, 1.54) is 7.11 Å². The van der Waals surface area contributed by atoms with Crippen LogP contribution in [0.1, 0.15) is 17.3 Å². The van der Waals surface area contributed by atoms with Crippen molar-refractivity contribution < 1.29 is 14.6 Å². The van der Waals surface area contributed by atoms with Crippen LogP contribution in [0.2, 0.25) is 0 Å². The van der Waals surface area contributed by atoms with Crippen LogP contribution in [0.5, 0.6) is 0 Å². The van der Waals surface area contributed by atoms with E-state index < -0.39 is 11.6 Å². The summed E-state index contributed by atoms with van der Waals surface area (Å²) in [6.45, 7) is 2.47. The van der Waals surface area contributed by atoms with Crippen molar-refractivity contribution in [1.29, 1.82) is 0 Å². The molecule has 1 unspecified atom stereocenters. The number of carbonyl (C=O) groups excluding carboxylic acids is 1. The number of nitrogens with one attached hydrogen (secondary N) is 1. The topological polar surface area (TPSA) is 101 Å². The number of nitrogens with zero attached hydrogens (tertiary/aromatic N) is 2. The molecule has 0 amide bonds. The zero-order valence-electron chi connectivity index (χ0n) is 11.6. The molecule has 1 rings (SSSR count). The predicted molar refractivity (Wildman–Crippen MR) is 75.5 cm³/mol. The highest BCUT2D eigenvalue weighted by atomic mass is 32.1. The zero-order chi connectivity index (χ0) is 14.6. The molecule has 0 saturated heterocycles. The minimum Gasteiger partial charge on any atom is -0.465 e. The fourth-order valence-corrected chi connectivity index (χ4v) is 2.43. The maximum absolute atomic E-state index is 11.6. The van der Waals surface area contributed by atoms with E-state index in [0.29, 0.717) is 11.5 Å². The number of methoxy groups -OCH3 is 1. The summed E-state index contributed by atoms with van der Waals surface area (Å²) in [4.78, 5) is 13.5. The van der Waals surface area contributed by atoms with Crippen molar-refractivity contribution in [3.63, 3.8) is 0 Å². The van der Waals surface area contributed by atoms with Gasteiger partial charge in [-0.1, -0.05) is 0 Å². The van der Waals surface area contributed by atoms with Gasteiger partial charge in [0.05, 0.1) is 12.7 Å². The second-order valence-corrected chi connectivity index (χ2v) is 5.63. The first kappa shape index (κ1) is 15.7. The number of nitrogen functional groups attached to an aromatic ring is 1. The van der Waals surface area contributed by atoms with E-state index in [9.17, 15) is 9.90 Å². The minimum absolute atomic E-state index is 0.131. The van der Waals surface area contributed by atoms with Gasteiger partial charge >= 0.3 is 5.97 Å². The second-order valence-electron chi connectivity index (χ2n) is 4.85. The van der Waals surface area contributed by atoms with Gasteiger partial charge in [-0.25, -0.2) is 4.79 Å². The van der Waals surface area contributed by atoms with Crippen molar-refractivity contribution in [3.8, 4) is 0 Å². The average molecular weight is 288 g/mol. The van der Waals surface area contributed by atoms with Crippen LogP contribution >= 0.6 is 11.5 Å². The highest BCUT2D eigenvalue weighted by Gasteiger charge is 2.24. The van der Waals surface area contributed by atoms with Crippen LogP contribution in [0, 0.1) is 0 Å². The Labute approximate surface area is 116 Å². The van der Waals surface area contributed by atoms with Crippen LogP contribution in [-0.2, 0) is 4.74 Å². The number of rotatable bonds is 6. The number of carbonyl (C=O) groups is 1. The van der Waals surface area contributed by atoms with Crippen molar-refractivity contribution in [1.82, 2.24) is 9.27 Å². The van der Waals surface area contributed by atoms with Gasteiger partial charge in [-0.15, -0.1) is 0 Å². The molecule has 0 aliphatic heterocycles. The van der Waals surface area contributed by atoms with Gasteiger partial charge in [-0.3, -0.25) is 0 Å². The van der Waals surface area contributed by atoms with Gasteiger partial charge < -0.3 is 25.8 Å². The normalized spacial score (nSPS) is 14.2. The molecular formula is C11H20N4O3S.